The molecule has 1 heterocycles. The molecule has 1 aliphatic heterocycles. The highest BCUT2D eigenvalue weighted by molar-refractivity contribution is 5.89. The van der Waals surface area contributed by atoms with Gasteiger partial charge in [0.15, 0.2) is 0 Å². The first kappa shape index (κ1) is 29.3. The van der Waals surface area contributed by atoms with Crippen LogP contribution in [0.5, 0.6) is 0 Å². The number of amides is 1. The monoisotopic (exact) mass is 492 g/mol. The van der Waals surface area contributed by atoms with E-state index in [1.165, 1.54) is 4.90 Å². The lowest BCUT2D eigenvalue weighted by Crippen LogP contribution is -2.53. The van der Waals surface area contributed by atoms with E-state index in [9.17, 15) is 29.1 Å². The summed E-state index contributed by atoms with van der Waals surface area (Å²) in [5, 5.41) is 27.9. The van der Waals surface area contributed by atoms with Gasteiger partial charge in [-0.15, -0.1) is 0 Å². The molecular formula is C24H32N2O9. The van der Waals surface area contributed by atoms with Gasteiger partial charge in [-0.3, -0.25) is 14.9 Å². The molecular weight excluding hydrogens is 460 g/mol. The molecule has 1 saturated heterocycles. The summed E-state index contributed by atoms with van der Waals surface area (Å²) in [4.78, 5) is 56.8. The van der Waals surface area contributed by atoms with E-state index in [0.717, 1.165) is 5.56 Å². The zero-order valence-corrected chi connectivity index (χ0v) is 19.8. The van der Waals surface area contributed by atoms with Gasteiger partial charge in [-0.05, 0) is 45.1 Å². The van der Waals surface area contributed by atoms with Crippen LogP contribution in [0.2, 0.25) is 0 Å². The van der Waals surface area contributed by atoms with Crippen molar-refractivity contribution in [3.8, 4) is 0 Å². The van der Waals surface area contributed by atoms with Crippen LogP contribution in [0.1, 0.15) is 38.7 Å². The van der Waals surface area contributed by atoms with Gasteiger partial charge in [0.2, 0.25) is 5.91 Å². The van der Waals surface area contributed by atoms with Gasteiger partial charge in [0.05, 0.1) is 12.6 Å². The fourth-order valence-electron chi connectivity index (χ4n) is 3.52. The number of carbonyl (C=O) groups excluding carboxylic acids is 2. The zero-order chi connectivity index (χ0) is 26.4. The molecule has 1 fully saturated rings. The lowest BCUT2D eigenvalue weighted by molar-refractivity contribution is -0.150. The van der Waals surface area contributed by atoms with E-state index >= 15 is 0 Å². The average molecular weight is 493 g/mol. The Hall–Kier alpha value is -3.73. The van der Waals surface area contributed by atoms with E-state index in [0.29, 0.717) is 44.4 Å². The number of aryl methyl sites for hydroxylation is 1. The number of likely N-dealkylation sites (tertiary alicyclic amines) is 1. The third-order valence-electron chi connectivity index (χ3n) is 5.15. The number of carboxylic acid groups (broad SMARTS) is 3. The predicted molar refractivity (Wildman–Crippen MR) is 125 cm³/mol. The van der Waals surface area contributed by atoms with E-state index in [1.54, 1.807) is 13.8 Å². The van der Waals surface area contributed by atoms with E-state index in [2.05, 4.69) is 5.32 Å². The van der Waals surface area contributed by atoms with Crippen molar-refractivity contribution in [2.45, 2.75) is 57.7 Å². The summed E-state index contributed by atoms with van der Waals surface area (Å²) in [6, 6.07) is 7.69. The van der Waals surface area contributed by atoms with Gasteiger partial charge >= 0.3 is 23.9 Å². The highest BCUT2D eigenvalue weighted by Crippen LogP contribution is 2.19. The Bertz CT molecular complexity index is 886. The number of nitrogens with one attached hydrogen (secondary N) is 1. The van der Waals surface area contributed by atoms with Crippen LogP contribution in [-0.2, 0) is 35.1 Å². The largest absolute Gasteiger partial charge is 0.480 e. The predicted octanol–water partition coefficient (Wildman–Crippen LogP) is 1.32. The van der Waals surface area contributed by atoms with Crippen LogP contribution >= 0.6 is 0 Å². The first-order valence-electron chi connectivity index (χ1n) is 11.2. The number of rotatable bonds is 11. The number of nitrogens with zero attached hydrogens (tertiary/aromatic N) is 1. The van der Waals surface area contributed by atoms with E-state index in [1.807, 2.05) is 30.3 Å². The number of hydrogen-bond acceptors (Lipinski definition) is 7. The van der Waals surface area contributed by atoms with Crippen LogP contribution in [0.25, 0.3) is 0 Å². The Balaban J connectivity index is 0.000000658. The molecule has 0 bridgehead atoms. The Kier molecular flexibility index (Phi) is 12.7. The van der Waals surface area contributed by atoms with Gasteiger partial charge in [0.25, 0.3) is 0 Å². The van der Waals surface area contributed by atoms with Gasteiger partial charge in [-0.25, -0.2) is 14.4 Å². The van der Waals surface area contributed by atoms with Gasteiger partial charge < -0.3 is 25.0 Å². The Labute approximate surface area is 203 Å². The fourth-order valence-corrected chi connectivity index (χ4v) is 3.52. The third kappa shape index (κ3) is 10.8. The minimum atomic E-state index is -1.26. The molecule has 1 aliphatic rings. The maximum Gasteiger partial charge on any atom is 0.328 e. The minimum absolute atomic E-state index is 0.262. The molecule has 0 aromatic heterocycles. The lowest BCUT2D eigenvalue weighted by atomic mass is 10.0. The van der Waals surface area contributed by atoms with Crippen LogP contribution < -0.4 is 5.32 Å². The number of hydrogen-bond donors (Lipinski definition) is 4. The summed E-state index contributed by atoms with van der Waals surface area (Å²) < 4.78 is 5.14. The van der Waals surface area contributed by atoms with Gasteiger partial charge in [0.1, 0.15) is 12.1 Å². The van der Waals surface area contributed by atoms with Crippen LogP contribution in [0.3, 0.4) is 0 Å². The fraction of sp³-hybridized carbons (Fsp3) is 0.458. The topological polar surface area (TPSA) is 171 Å². The molecule has 2 rings (SSSR count). The highest BCUT2D eigenvalue weighted by atomic mass is 16.5. The van der Waals surface area contributed by atoms with Crippen molar-refractivity contribution in [1.82, 2.24) is 10.2 Å². The molecule has 11 nitrogen and oxygen atoms in total. The van der Waals surface area contributed by atoms with Crippen molar-refractivity contribution in [1.29, 1.82) is 0 Å². The maximum absolute atomic E-state index is 12.7. The van der Waals surface area contributed by atoms with E-state index < -0.39 is 42.0 Å². The molecule has 3 atom stereocenters. The van der Waals surface area contributed by atoms with Crippen LogP contribution in [-0.4, -0.2) is 81.3 Å². The number of esters is 1. The molecule has 3 unspecified atom stereocenters. The smallest absolute Gasteiger partial charge is 0.328 e. The van der Waals surface area contributed by atoms with Crippen molar-refractivity contribution >= 4 is 29.8 Å². The second kappa shape index (κ2) is 15.2. The molecule has 1 aromatic rings. The average Bonchev–Trinajstić information content (AvgIpc) is 3.31. The summed E-state index contributed by atoms with van der Waals surface area (Å²) >= 11 is 0. The van der Waals surface area contributed by atoms with Crippen LogP contribution in [0.15, 0.2) is 42.5 Å². The summed E-state index contributed by atoms with van der Waals surface area (Å²) in [6.45, 7) is 4.09. The van der Waals surface area contributed by atoms with E-state index in [-0.39, 0.29) is 12.5 Å². The molecule has 1 aromatic carbocycles. The lowest BCUT2D eigenvalue weighted by Gasteiger charge is -2.27. The first-order chi connectivity index (χ1) is 16.6. The van der Waals surface area contributed by atoms with Crippen molar-refractivity contribution in [3.05, 3.63) is 48.0 Å². The van der Waals surface area contributed by atoms with Gasteiger partial charge in [-0.1, -0.05) is 30.3 Å². The number of carboxylic acids is 3. The standard InChI is InChI=1S/C20H28N2O5.C4H4O4/c1-3-27-20(26)16(12-11-15-8-5-4-6-9-15)21-14(2)18(23)22-13-7-10-17(22)19(24)25;5-3(6)1-2-4(7)8/h4-6,8-9,14,16-17,21H,3,7,10-13H2,1-2H3,(H,24,25);1-2H,(H,5,6)(H,7,8)/b;2-1-. The Morgan fingerprint density at radius 2 is 1.69 bits per heavy atom. The molecule has 0 radical (unpaired) electrons. The summed E-state index contributed by atoms with van der Waals surface area (Å²) in [6.07, 6.45) is 3.40. The molecule has 35 heavy (non-hydrogen) atoms. The van der Waals surface area contributed by atoms with Gasteiger partial charge in [-0.2, -0.15) is 0 Å². The number of ether oxygens (including phenoxy) is 1. The normalized spacial score (nSPS) is 16.6. The maximum atomic E-state index is 12.7. The molecule has 0 aliphatic carbocycles. The van der Waals surface area contributed by atoms with E-state index in [4.69, 9.17) is 14.9 Å². The number of benzene rings is 1. The van der Waals surface area contributed by atoms with Gasteiger partial charge in [0, 0.05) is 18.7 Å². The minimum Gasteiger partial charge on any atom is -0.480 e. The SMILES string of the molecule is CCOC(=O)C(CCc1ccccc1)NC(C)C(=O)N1CCCC1C(=O)O.O=C(O)/C=C\C(=O)O. The molecule has 0 saturated carbocycles. The Morgan fingerprint density at radius 1 is 1.09 bits per heavy atom. The number of carbonyl (C=O) groups is 5. The summed E-state index contributed by atoms with van der Waals surface area (Å²) in [5.74, 6) is -4.20. The summed E-state index contributed by atoms with van der Waals surface area (Å²) in [7, 11) is 0. The molecule has 11 heteroatoms. The molecule has 0 spiro atoms. The second-order valence-electron chi connectivity index (χ2n) is 7.75. The molecule has 1 amide bonds. The quantitative estimate of drug-likeness (QED) is 0.261. The van der Waals surface area contributed by atoms with Crippen LogP contribution in [0, 0.1) is 0 Å². The third-order valence-corrected chi connectivity index (χ3v) is 5.15. The highest BCUT2D eigenvalue weighted by Gasteiger charge is 2.36. The van der Waals surface area contributed by atoms with Crippen molar-refractivity contribution in [2.24, 2.45) is 0 Å². The van der Waals surface area contributed by atoms with Crippen molar-refractivity contribution in [3.63, 3.8) is 0 Å². The molecule has 192 valence electrons. The van der Waals surface area contributed by atoms with Crippen LogP contribution in [0.4, 0.5) is 0 Å². The number of aliphatic carboxylic acids is 3. The second-order valence-corrected chi connectivity index (χ2v) is 7.75. The first-order valence-corrected chi connectivity index (χ1v) is 11.2. The summed E-state index contributed by atoms with van der Waals surface area (Å²) in [5.41, 5.74) is 1.10. The van der Waals surface area contributed by atoms with Crippen molar-refractivity contribution in [2.75, 3.05) is 13.2 Å². The van der Waals surface area contributed by atoms with Crippen molar-refractivity contribution < 1.29 is 44.0 Å². The Morgan fingerprint density at radius 3 is 2.20 bits per heavy atom. The molecule has 4 N–H and O–H groups in total. The zero-order valence-electron chi connectivity index (χ0n) is 19.8.